The van der Waals surface area contributed by atoms with Gasteiger partial charge in [0.25, 0.3) is 0 Å². The van der Waals surface area contributed by atoms with Crippen LogP contribution in [0.1, 0.15) is 23.6 Å². The lowest BCUT2D eigenvalue weighted by molar-refractivity contribution is 0.174. The van der Waals surface area contributed by atoms with E-state index < -0.39 is 6.04 Å². The van der Waals surface area contributed by atoms with E-state index in [1.807, 2.05) is 0 Å². The molecule has 2 heterocycles. The highest BCUT2D eigenvalue weighted by molar-refractivity contribution is 5.90. The third-order valence-corrected chi connectivity index (χ3v) is 4.40. The van der Waals surface area contributed by atoms with Gasteiger partial charge in [0.05, 0.1) is 13.2 Å². The fourth-order valence-corrected chi connectivity index (χ4v) is 3.07. The Balaban J connectivity index is 1.82. The molecule has 27 heavy (non-hydrogen) atoms. The fourth-order valence-electron chi connectivity index (χ4n) is 3.07. The Morgan fingerprint density at radius 2 is 1.96 bits per heavy atom. The summed E-state index contributed by atoms with van der Waals surface area (Å²) in [6, 6.07) is 7.71. The van der Waals surface area contributed by atoms with Crippen molar-refractivity contribution in [2.75, 3.05) is 20.4 Å². The first kappa shape index (κ1) is 17.0. The number of rotatable bonds is 4. The van der Waals surface area contributed by atoms with Crippen LogP contribution in [0.4, 0.5) is 0 Å². The van der Waals surface area contributed by atoms with Crippen molar-refractivity contribution < 1.29 is 24.4 Å². The standard InChI is InChI=1S/C19H19N3O5/c1-25-14-5-2-4-11(18(14)24)17(22-19-20-6-3-7-21-19)12-8-15-16(9-13(12)23)27-10-26-15/h2,4-6,8-9,17,23-24H,3,7,10H2,1H3,(H,21,22)/t17-/m1/s1. The van der Waals surface area contributed by atoms with Crippen LogP contribution in [0, 0.1) is 0 Å². The summed E-state index contributed by atoms with van der Waals surface area (Å²) in [5.74, 6) is 1.71. The largest absolute Gasteiger partial charge is 0.507 e. The molecule has 0 amide bonds. The number of guanidine groups is 1. The predicted octanol–water partition coefficient (Wildman–Crippen LogP) is 2.34. The topological polar surface area (TPSA) is 105 Å². The molecule has 0 fully saturated rings. The zero-order valence-electron chi connectivity index (χ0n) is 14.7. The van der Waals surface area contributed by atoms with E-state index in [4.69, 9.17) is 14.2 Å². The van der Waals surface area contributed by atoms with E-state index >= 15 is 0 Å². The number of phenols is 2. The summed E-state index contributed by atoms with van der Waals surface area (Å²) in [5.41, 5.74) is 0.998. The van der Waals surface area contributed by atoms with Crippen LogP contribution in [-0.4, -0.2) is 42.8 Å². The minimum atomic E-state index is -0.636. The first-order chi connectivity index (χ1) is 13.2. The summed E-state index contributed by atoms with van der Waals surface area (Å²) in [6.45, 7) is 0.716. The van der Waals surface area contributed by atoms with E-state index in [-0.39, 0.29) is 18.3 Å². The van der Waals surface area contributed by atoms with Crippen LogP contribution in [0.3, 0.4) is 0 Å². The number of nitrogens with zero attached hydrogens (tertiary/aromatic N) is 2. The maximum absolute atomic E-state index is 10.7. The van der Waals surface area contributed by atoms with Crippen molar-refractivity contribution in [2.45, 2.75) is 12.5 Å². The number of nitrogens with one attached hydrogen (secondary N) is 1. The zero-order valence-corrected chi connectivity index (χ0v) is 14.7. The second kappa shape index (κ2) is 7.06. The van der Waals surface area contributed by atoms with Crippen molar-refractivity contribution in [3.05, 3.63) is 41.5 Å². The highest BCUT2D eigenvalue weighted by Gasteiger charge is 2.27. The van der Waals surface area contributed by atoms with E-state index in [1.54, 1.807) is 30.5 Å². The lowest BCUT2D eigenvalue weighted by Gasteiger charge is -2.23. The Morgan fingerprint density at radius 3 is 2.70 bits per heavy atom. The molecule has 8 nitrogen and oxygen atoms in total. The fraction of sp³-hybridized carbons (Fsp3) is 0.263. The smallest absolute Gasteiger partial charge is 0.231 e. The van der Waals surface area contributed by atoms with Crippen LogP contribution in [0.15, 0.2) is 40.3 Å². The number of para-hydroxylation sites is 1. The van der Waals surface area contributed by atoms with Gasteiger partial charge in [-0.05, 0) is 12.1 Å². The van der Waals surface area contributed by atoms with Gasteiger partial charge in [-0.3, -0.25) is 4.99 Å². The van der Waals surface area contributed by atoms with Gasteiger partial charge in [-0.1, -0.05) is 12.1 Å². The molecule has 0 saturated carbocycles. The summed E-state index contributed by atoms with van der Waals surface area (Å²) in [5, 5.41) is 24.4. The molecule has 0 unspecified atom stereocenters. The molecule has 3 N–H and O–H groups in total. The van der Waals surface area contributed by atoms with Gasteiger partial charge >= 0.3 is 0 Å². The van der Waals surface area contributed by atoms with E-state index in [0.717, 1.165) is 6.42 Å². The van der Waals surface area contributed by atoms with E-state index in [0.29, 0.717) is 40.9 Å². The van der Waals surface area contributed by atoms with Crippen molar-refractivity contribution in [1.29, 1.82) is 0 Å². The molecule has 2 aliphatic rings. The van der Waals surface area contributed by atoms with Gasteiger partial charge in [0.1, 0.15) is 5.75 Å². The van der Waals surface area contributed by atoms with Gasteiger partial charge in [-0.25, -0.2) is 4.99 Å². The molecule has 0 spiro atoms. The maximum atomic E-state index is 10.7. The summed E-state index contributed by atoms with van der Waals surface area (Å²) in [6.07, 6.45) is 2.55. The van der Waals surface area contributed by atoms with E-state index in [9.17, 15) is 10.2 Å². The SMILES string of the molecule is COc1cccc([C@@H](NC2=NCCC=N2)c2cc3c(cc2O)OCO3)c1O. The van der Waals surface area contributed by atoms with Crippen LogP contribution in [0.5, 0.6) is 28.7 Å². The molecular formula is C19H19N3O5. The Kier molecular flexibility index (Phi) is 4.45. The maximum Gasteiger partial charge on any atom is 0.231 e. The molecule has 2 aromatic carbocycles. The van der Waals surface area contributed by atoms with Crippen LogP contribution >= 0.6 is 0 Å². The highest BCUT2D eigenvalue weighted by Crippen LogP contribution is 2.44. The number of fused-ring (bicyclic) bond motifs is 1. The molecule has 1 atom stereocenters. The molecule has 0 bridgehead atoms. The van der Waals surface area contributed by atoms with E-state index in [1.165, 1.54) is 13.2 Å². The number of hydrogen-bond donors (Lipinski definition) is 3. The van der Waals surface area contributed by atoms with Gasteiger partial charge in [0.15, 0.2) is 23.0 Å². The number of hydrogen-bond acceptors (Lipinski definition) is 8. The van der Waals surface area contributed by atoms with Crippen molar-refractivity contribution in [3.8, 4) is 28.7 Å². The first-order valence-electron chi connectivity index (χ1n) is 8.49. The minimum Gasteiger partial charge on any atom is -0.507 e. The number of aromatic hydroxyl groups is 2. The number of methoxy groups -OCH3 is 1. The summed E-state index contributed by atoms with van der Waals surface area (Å²) >= 11 is 0. The Morgan fingerprint density at radius 1 is 1.15 bits per heavy atom. The van der Waals surface area contributed by atoms with Gasteiger partial charge in [-0.15, -0.1) is 0 Å². The van der Waals surface area contributed by atoms with E-state index in [2.05, 4.69) is 15.3 Å². The number of ether oxygens (including phenoxy) is 3. The molecular weight excluding hydrogens is 350 g/mol. The lowest BCUT2D eigenvalue weighted by atomic mass is 9.96. The molecule has 2 aromatic rings. The third-order valence-electron chi connectivity index (χ3n) is 4.40. The summed E-state index contributed by atoms with van der Waals surface area (Å²) < 4.78 is 16.0. The second-order valence-electron chi connectivity index (χ2n) is 6.05. The zero-order chi connectivity index (χ0) is 18.8. The number of benzene rings is 2. The van der Waals surface area contributed by atoms with Gasteiger partial charge in [0.2, 0.25) is 12.8 Å². The monoisotopic (exact) mass is 369 g/mol. The average molecular weight is 369 g/mol. The molecule has 0 radical (unpaired) electrons. The van der Waals surface area contributed by atoms with Crippen molar-refractivity contribution in [2.24, 2.45) is 9.98 Å². The third kappa shape index (κ3) is 3.21. The molecule has 2 aliphatic heterocycles. The Labute approximate surface area is 155 Å². The molecule has 140 valence electrons. The number of aliphatic imine (C=N–C) groups is 2. The van der Waals surface area contributed by atoms with Crippen LogP contribution in [-0.2, 0) is 0 Å². The molecule has 8 heteroatoms. The quantitative estimate of drug-likeness (QED) is 0.764. The van der Waals surface area contributed by atoms with Crippen LogP contribution in [0.25, 0.3) is 0 Å². The van der Waals surface area contributed by atoms with Crippen molar-refractivity contribution in [3.63, 3.8) is 0 Å². The summed E-state index contributed by atoms with van der Waals surface area (Å²) in [7, 11) is 1.48. The Hall–Kier alpha value is -3.42. The normalized spacial score (nSPS) is 16.0. The first-order valence-corrected chi connectivity index (χ1v) is 8.49. The van der Waals surface area contributed by atoms with Crippen molar-refractivity contribution in [1.82, 2.24) is 5.32 Å². The van der Waals surface area contributed by atoms with Gasteiger partial charge < -0.3 is 29.7 Å². The minimum absolute atomic E-state index is 0.000594. The second-order valence-corrected chi connectivity index (χ2v) is 6.05. The van der Waals surface area contributed by atoms with Crippen molar-refractivity contribution >= 4 is 12.2 Å². The number of phenolic OH excluding ortho intramolecular Hbond substituents is 2. The average Bonchev–Trinajstić information content (AvgIpc) is 3.14. The molecule has 0 saturated heterocycles. The predicted molar refractivity (Wildman–Crippen MR) is 99.3 cm³/mol. The molecule has 0 aromatic heterocycles. The van der Waals surface area contributed by atoms with Crippen LogP contribution in [0.2, 0.25) is 0 Å². The Bertz CT molecular complexity index is 926. The van der Waals surface area contributed by atoms with Crippen LogP contribution < -0.4 is 19.5 Å². The lowest BCUT2D eigenvalue weighted by Crippen LogP contribution is -2.29. The summed E-state index contributed by atoms with van der Waals surface area (Å²) in [4.78, 5) is 8.61. The molecule has 0 aliphatic carbocycles. The van der Waals surface area contributed by atoms with Gasteiger partial charge in [-0.2, -0.15) is 0 Å². The van der Waals surface area contributed by atoms with Gasteiger partial charge in [0, 0.05) is 36.4 Å². The molecule has 4 rings (SSSR count). The highest BCUT2D eigenvalue weighted by atomic mass is 16.7.